The van der Waals surface area contributed by atoms with E-state index in [0.29, 0.717) is 11.7 Å². The molecule has 0 aromatic rings. The molecule has 0 amide bonds. The van der Waals surface area contributed by atoms with Crippen molar-refractivity contribution in [3.63, 3.8) is 0 Å². The zero-order valence-electron chi connectivity index (χ0n) is 12.7. The van der Waals surface area contributed by atoms with Gasteiger partial charge < -0.3 is 4.74 Å². The molecule has 0 aromatic heterocycles. The second-order valence-electron chi connectivity index (χ2n) is 5.61. The van der Waals surface area contributed by atoms with Crippen LogP contribution < -0.4 is 0 Å². The summed E-state index contributed by atoms with van der Waals surface area (Å²) in [6.07, 6.45) is 14.4. The van der Waals surface area contributed by atoms with Gasteiger partial charge in [-0.2, -0.15) is 11.8 Å². The highest BCUT2D eigenvalue weighted by Gasteiger charge is 2.39. The SMILES string of the molecule is CCCCCCCCCCCC1SC1CC(=O)OC. The number of carbonyl (C=O) groups excluding carboxylic acids is 1. The fraction of sp³-hybridized carbons (Fsp3) is 0.938. The summed E-state index contributed by atoms with van der Waals surface area (Å²) in [6, 6.07) is 0. The van der Waals surface area contributed by atoms with Gasteiger partial charge in [0.1, 0.15) is 0 Å². The van der Waals surface area contributed by atoms with Crippen LogP contribution in [0.5, 0.6) is 0 Å². The number of esters is 1. The quantitative estimate of drug-likeness (QED) is 0.288. The average Bonchev–Trinajstić information content (AvgIpc) is 3.15. The lowest BCUT2D eigenvalue weighted by Gasteiger charge is -2.01. The molecule has 0 spiro atoms. The van der Waals surface area contributed by atoms with E-state index in [4.69, 9.17) is 4.74 Å². The van der Waals surface area contributed by atoms with E-state index in [1.54, 1.807) is 0 Å². The Morgan fingerprint density at radius 1 is 0.947 bits per heavy atom. The maximum absolute atomic E-state index is 11.1. The van der Waals surface area contributed by atoms with Crippen LogP contribution in [0.1, 0.15) is 77.6 Å². The molecule has 1 aliphatic heterocycles. The molecule has 0 saturated carbocycles. The van der Waals surface area contributed by atoms with E-state index in [9.17, 15) is 4.79 Å². The molecule has 19 heavy (non-hydrogen) atoms. The summed E-state index contributed by atoms with van der Waals surface area (Å²) in [5, 5.41) is 1.30. The maximum atomic E-state index is 11.1. The van der Waals surface area contributed by atoms with Crippen LogP contribution in [0, 0.1) is 0 Å². The second-order valence-corrected chi connectivity index (χ2v) is 7.09. The first-order chi connectivity index (χ1) is 9.27. The van der Waals surface area contributed by atoms with E-state index >= 15 is 0 Å². The first kappa shape index (κ1) is 16.9. The molecule has 2 nitrogen and oxygen atoms in total. The first-order valence-electron chi connectivity index (χ1n) is 8.00. The smallest absolute Gasteiger partial charge is 0.306 e. The first-order valence-corrected chi connectivity index (χ1v) is 8.94. The Kier molecular flexibility index (Phi) is 9.40. The number of ether oxygens (including phenoxy) is 1. The van der Waals surface area contributed by atoms with Gasteiger partial charge in [0.05, 0.1) is 13.5 Å². The molecule has 2 unspecified atom stereocenters. The number of hydrogen-bond donors (Lipinski definition) is 0. The van der Waals surface area contributed by atoms with E-state index in [1.807, 2.05) is 11.8 Å². The number of methoxy groups -OCH3 is 1. The van der Waals surface area contributed by atoms with Gasteiger partial charge >= 0.3 is 5.97 Å². The zero-order valence-corrected chi connectivity index (χ0v) is 13.5. The molecule has 1 aliphatic rings. The van der Waals surface area contributed by atoms with Crippen molar-refractivity contribution in [3.8, 4) is 0 Å². The molecule has 0 aromatic carbocycles. The largest absolute Gasteiger partial charge is 0.469 e. The molecular formula is C16H30O2S. The van der Waals surface area contributed by atoms with Crippen LogP contribution in [-0.4, -0.2) is 23.6 Å². The summed E-state index contributed by atoms with van der Waals surface area (Å²) in [5.74, 6) is -0.0490. The topological polar surface area (TPSA) is 26.3 Å². The Morgan fingerprint density at radius 3 is 2.11 bits per heavy atom. The molecule has 1 fully saturated rings. The van der Waals surface area contributed by atoms with Crippen LogP contribution in [0.4, 0.5) is 0 Å². The van der Waals surface area contributed by atoms with E-state index < -0.39 is 0 Å². The maximum Gasteiger partial charge on any atom is 0.306 e. The molecule has 1 heterocycles. The monoisotopic (exact) mass is 286 g/mol. The lowest BCUT2D eigenvalue weighted by molar-refractivity contribution is -0.140. The van der Waals surface area contributed by atoms with Gasteiger partial charge in [-0.05, 0) is 6.42 Å². The highest BCUT2D eigenvalue weighted by Crippen LogP contribution is 2.46. The summed E-state index contributed by atoms with van der Waals surface area (Å²) in [6.45, 7) is 2.27. The van der Waals surface area contributed by atoms with Crippen LogP contribution in [0.15, 0.2) is 0 Å². The van der Waals surface area contributed by atoms with Crippen LogP contribution >= 0.6 is 11.8 Å². The van der Waals surface area contributed by atoms with Crippen LogP contribution in [0.2, 0.25) is 0 Å². The highest BCUT2D eigenvalue weighted by molar-refractivity contribution is 8.07. The highest BCUT2D eigenvalue weighted by atomic mass is 32.2. The van der Waals surface area contributed by atoms with Crippen molar-refractivity contribution in [1.29, 1.82) is 0 Å². The van der Waals surface area contributed by atoms with Gasteiger partial charge in [-0.15, -0.1) is 0 Å². The predicted molar refractivity (Wildman–Crippen MR) is 83.6 cm³/mol. The molecule has 0 aliphatic carbocycles. The van der Waals surface area contributed by atoms with Crippen molar-refractivity contribution in [1.82, 2.24) is 0 Å². The minimum Gasteiger partial charge on any atom is -0.469 e. The summed E-state index contributed by atoms with van der Waals surface area (Å²) in [5.41, 5.74) is 0. The molecule has 2 atom stereocenters. The van der Waals surface area contributed by atoms with Gasteiger partial charge in [0.2, 0.25) is 0 Å². The van der Waals surface area contributed by atoms with E-state index in [2.05, 4.69) is 6.92 Å². The van der Waals surface area contributed by atoms with E-state index in [-0.39, 0.29) is 5.97 Å². The molecule has 3 heteroatoms. The Morgan fingerprint density at radius 2 is 1.53 bits per heavy atom. The van der Waals surface area contributed by atoms with Crippen molar-refractivity contribution >= 4 is 17.7 Å². The average molecular weight is 286 g/mol. The van der Waals surface area contributed by atoms with Crippen LogP contribution in [0.25, 0.3) is 0 Å². The summed E-state index contributed by atoms with van der Waals surface area (Å²) in [4.78, 5) is 11.1. The Labute approximate surface area is 123 Å². The van der Waals surface area contributed by atoms with Gasteiger partial charge in [0.25, 0.3) is 0 Å². The molecule has 1 rings (SSSR count). The third-order valence-corrected chi connectivity index (χ3v) is 5.32. The van der Waals surface area contributed by atoms with Crippen molar-refractivity contribution in [3.05, 3.63) is 0 Å². The summed E-state index contributed by atoms with van der Waals surface area (Å²) >= 11 is 1.96. The van der Waals surface area contributed by atoms with Gasteiger partial charge in [-0.3, -0.25) is 4.79 Å². The standard InChI is InChI=1S/C16H30O2S/c1-3-4-5-6-7-8-9-10-11-12-14-15(19-14)13-16(17)18-2/h14-15H,3-13H2,1-2H3. The van der Waals surface area contributed by atoms with E-state index in [1.165, 1.54) is 71.3 Å². The third kappa shape index (κ3) is 8.56. The lowest BCUT2D eigenvalue weighted by atomic mass is 10.0. The second kappa shape index (κ2) is 10.6. The van der Waals surface area contributed by atoms with Gasteiger partial charge in [-0.1, -0.05) is 64.7 Å². The number of carbonyl (C=O) groups is 1. The third-order valence-electron chi connectivity index (χ3n) is 3.88. The summed E-state index contributed by atoms with van der Waals surface area (Å²) in [7, 11) is 1.48. The molecule has 0 N–H and O–H groups in total. The van der Waals surface area contributed by atoms with Crippen molar-refractivity contribution < 1.29 is 9.53 Å². The zero-order chi connectivity index (χ0) is 13.9. The van der Waals surface area contributed by atoms with Gasteiger partial charge in [0.15, 0.2) is 0 Å². The molecule has 0 bridgehead atoms. The Bertz CT molecular complexity index is 243. The van der Waals surface area contributed by atoms with Crippen molar-refractivity contribution in [2.24, 2.45) is 0 Å². The normalized spacial score (nSPS) is 21.4. The predicted octanol–water partition coefficient (Wildman–Crippen LogP) is 4.95. The molecule has 1 saturated heterocycles. The Balaban J connectivity index is 1.79. The van der Waals surface area contributed by atoms with E-state index in [0.717, 1.165) is 5.25 Å². The van der Waals surface area contributed by atoms with Gasteiger partial charge in [0, 0.05) is 10.5 Å². The molecular weight excluding hydrogens is 256 g/mol. The fourth-order valence-electron chi connectivity index (χ4n) is 2.52. The van der Waals surface area contributed by atoms with Crippen LogP contribution in [-0.2, 0) is 9.53 Å². The fourth-order valence-corrected chi connectivity index (χ4v) is 3.64. The Hall–Kier alpha value is -0.180. The minimum absolute atomic E-state index is 0.0490. The summed E-state index contributed by atoms with van der Waals surface area (Å²) < 4.78 is 4.69. The molecule has 112 valence electrons. The van der Waals surface area contributed by atoms with Gasteiger partial charge in [-0.25, -0.2) is 0 Å². The lowest BCUT2D eigenvalue weighted by Crippen LogP contribution is -2.06. The van der Waals surface area contributed by atoms with Crippen molar-refractivity contribution in [2.45, 2.75) is 88.1 Å². The minimum atomic E-state index is -0.0490. The number of thioether (sulfide) groups is 1. The van der Waals surface area contributed by atoms with Crippen LogP contribution in [0.3, 0.4) is 0 Å². The number of rotatable bonds is 12. The molecule has 0 radical (unpaired) electrons. The number of unbranched alkanes of at least 4 members (excludes halogenated alkanes) is 8. The number of hydrogen-bond acceptors (Lipinski definition) is 3. The van der Waals surface area contributed by atoms with Crippen molar-refractivity contribution in [2.75, 3.05) is 7.11 Å².